The third-order valence-electron chi connectivity index (χ3n) is 2.95. The average molecular weight is 268 g/mol. The van der Waals surface area contributed by atoms with E-state index in [-0.39, 0.29) is 5.54 Å². The number of ether oxygens (including phenoxy) is 1. The first kappa shape index (κ1) is 16.2. The summed E-state index contributed by atoms with van der Waals surface area (Å²) in [6.07, 6.45) is 0. The SMILES string of the molecule is COCCN(C)Cc1cc(C)c(CNC(C)(C)C)o1. The zero-order valence-corrected chi connectivity index (χ0v) is 13.2. The summed E-state index contributed by atoms with van der Waals surface area (Å²) in [5.41, 5.74) is 1.32. The van der Waals surface area contributed by atoms with Crippen LogP contribution >= 0.6 is 0 Å². The quantitative estimate of drug-likeness (QED) is 0.824. The maximum absolute atomic E-state index is 5.92. The van der Waals surface area contributed by atoms with Crippen LogP contribution in [0.2, 0.25) is 0 Å². The second kappa shape index (κ2) is 7.08. The largest absolute Gasteiger partial charge is 0.463 e. The fraction of sp³-hybridized carbons (Fsp3) is 0.733. The number of methoxy groups -OCH3 is 1. The molecule has 1 rings (SSSR count). The highest BCUT2D eigenvalue weighted by molar-refractivity contribution is 5.20. The van der Waals surface area contributed by atoms with Gasteiger partial charge in [0.25, 0.3) is 0 Å². The fourth-order valence-corrected chi connectivity index (χ4v) is 1.78. The molecule has 0 aliphatic heterocycles. The van der Waals surface area contributed by atoms with E-state index in [4.69, 9.17) is 9.15 Å². The second-order valence-corrected chi connectivity index (χ2v) is 6.15. The Hall–Kier alpha value is -0.840. The molecule has 0 aromatic carbocycles. The molecule has 1 heterocycles. The molecule has 1 aromatic rings. The summed E-state index contributed by atoms with van der Waals surface area (Å²) in [6.45, 7) is 11.8. The van der Waals surface area contributed by atoms with Crippen LogP contribution in [0.15, 0.2) is 10.5 Å². The molecular formula is C15H28N2O2. The van der Waals surface area contributed by atoms with Gasteiger partial charge in [0.1, 0.15) is 11.5 Å². The zero-order chi connectivity index (χ0) is 14.5. The van der Waals surface area contributed by atoms with Gasteiger partial charge in [-0.2, -0.15) is 0 Å². The first-order valence-corrected chi connectivity index (χ1v) is 6.82. The normalized spacial score (nSPS) is 12.4. The summed E-state index contributed by atoms with van der Waals surface area (Å²) < 4.78 is 11.0. The van der Waals surface area contributed by atoms with Crippen LogP contribution in [0.4, 0.5) is 0 Å². The van der Waals surface area contributed by atoms with Crippen LogP contribution in [0, 0.1) is 6.92 Å². The lowest BCUT2D eigenvalue weighted by molar-refractivity contribution is 0.154. The molecule has 4 nitrogen and oxygen atoms in total. The van der Waals surface area contributed by atoms with Crippen LogP contribution in [0.3, 0.4) is 0 Å². The summed E-state index contributed by atoms with van der Waals surface area (Å²) in [7, 11) is 3.80. The Labute approximate surface area is 117 Å². The second-order valence-electron chi connectivity index (χ2n) is 6.15. The zero-order valence-electron chi connectivity index (χ0n) is 13.2. The minimum Gasteiger partial charge on any atom is -0.463 e. The number of hydrogen-bond acceptors (Lipinski definition) is 4. The Morgan fingerprint density at radius 2 is 2.05 bits per heavy atom. The molecule has 0 aliphatic carbocycles. The van der Waals surface area contributed by atoms with Crippen molar-refractivity contribution in [2.24, 2.45) is 0 Å². The lowest BCUT2D eigenvalue weighted by atomic mass is 10.1. The van der Waals surface area contributed by atoms with Gasteiger partial charge in [0.2, 0.25) is 0 Å². The molecule has 110 valence electrons. The van der Waals surface area contributed by atoms with Crippen molar-refractivity contribution >= 4 is 0 Å². The predicted molar refractivity (Wildman–Crippen MR) is 78.2 cm³/mol. The number of hydrogen-bond donors (Lipinski definition) is 1. The summed E-state index contributed by atoms with van der Waals surface area (Å²) in [5.74, 6) is 2.05. The maximum Gasteiger partial charge on any atom is 0.120 e. The van der Waals surface area contributed by atoms with Crippen LogP contribution in [-0.2, 0) is 17.8 Å². The predicted octanol–water partition coefficient (Wildman–Crippen LogP) is 2.55. The highest BCUT2D eigenvalue weighted by Crippen LogP contribution is 2.16. The van der Waals surface area contributed by atoms with Crippen molar-refractivity contribution in [3.8, 4) is 0 Å². The molecule has 0 saturated carbocycles. The van der Waals surface area contributed by atoms with E-state index in [1.165, 1.54) is 5.56 Å². The molecule has 0 radical (unpaired) electrons. The van der Waals surface area contributed by atoms with Crippen molar-refractivity contribution < 1.29 is 9.15 Å². The van der Waals surface area contributed by atoms with E-state index in [1.807, 2.05) is 0 Å². The molecular weight excluding hydrogens is 240 g/mol. The molecule has 0 saturated heterocycles. The average Bonchev–Trinajstić information content (AvgIpc) is 2.63. The van der Waals surface area contributed by atoms with Crippen molar-refractivity contribution in [2.75, 3.05) is 27.3 Å². The van der Waals surface area contributed by atoms with E-state index in [2.05, 4.69) is 51.0 Å². The molecule has 0 aliphatic rings. The van der Waals surface area contributed by atoms with E-state index in [9.17, 15) is 0 Å². The number of aryl methyl sites for hydroxylation is 1. The first-order chi connectivity index (χ1) is 8.81. The fourth-order valence-electron chi connectivity index (χ4n) is 1.78. The van der Waals surface area contributed by atoms with Crippen LogP contribution in [0.5, 0.6) is 0 Å². The molecule has 0 fully saturated rings. The Morgan fingerprint density at radius 3 is 2.63 bits per heavy atom. The minimum atomic E-state index is 0.106. The van der Waals surface area contributed by atoms with E-state index in [1.54, 1.807) is 7.11 Å². The van der Waals surface area contributed by atoms with Gasteiger partial charge in [0.15, 0.2) is 0 Å². The highest BCUT2D eigenvalue weighted by atomic mass is 16.5. The molecule has 0 amide bonds. The third-order valence-corrected chi connectivity index (χ3v) is 2.95. The van der Waals surface area contributed by atoms with Gasteiger partial charge >= 0.3 is 0 Å². The Kier molecular flexibility index (Phi) is 6.04. The molecule has 19 heavy (non-hydrogen) atoms. The number of likely N-dealkylation sites (N-methyl/N-ethyl adjacent to an activating group) is 1. The monoisotopic (exact) mass is 268 g/mol. The lowest BCUT2D eigenvalue weighted by Crippen LogP contribution is -2.35. The van der Waals surface area contributed by atoms with E-state index >= 15 is 0 Å². The molecule has 4 heteroatoms. The van der Waals surface area contributed by atoms with Gasteiger partial charge in [-0.25, -0.2) is 0 Å². The van der Waals surface area contributed by atoms with Crippen LogP contribution < -0.4 is 5.32 Å². The number of rotatable bonds is 7. The van der Waals surface area contributed by atoms with Gasteiger partial charge in [-0.1, -0.05) is 0 Å². The molecule has 0 spiro atoms. The van der Waals surface area contributed by atoms with Gasteiger partial charge < -0.3 is 14.5 Å². The van der Waals surface area contributed by atoms with Crippen molar-refractivity contribution in [1.82, 2.24) is 10.2 Å². The van der Waals surface area contributed by atoms with Gasteiger partial charge in [0.05, 0.1) is 19.7 Å². The van der Waals surface area contributed by atoms with Crippen LogP contribution in [-0.4, -0.2) is 37.7 Å². The molecule has 0 bridgehead atoms. The maximum atomic E-state index is 5.92. The first-order valence-electron chi connectivity index (χ1n) is 6.82. The van der Waals surface area contributed by atoms with E-state index in [0.717, 1.165) is 37.8 Å². The summed E-state index contributed by atoms with van der Waals surface area (Å²) in [4.78, 5) is 2.20. The smallest absolute Gasteiger partial charge is 0.120 e. The van der Waals surface area contributed by atoms with Gasteiger partial charge in [0, 0.05) is 19.2 Å². The molecule has 0 atom stereocenters. The lowest BCUT2D eigenvalue weighted by Gasteiger charge is -2.19. The standard InChI is InChI=1S/C15H28N2O2/c1-12-9-13(11-17(5)7-8-18-6)19-14(12)10-16-15(2,3)4/h9,16H,7-8,10-11H2,1-6H3. The van der Waals surface area contributed by atoms with Crippen LogP contribution in [0.1, 0.15) is 37.9 Å². The van der Waals surface area contributed by atoms with Crippen molar-refractivity contribution in [3.05, 3.63) is 23.2 Å². The van der Waals surface area contributed by atoms with Crippen molar-refractivity contribution in [3.63, 3.8) is 0 Å². The Bertz CT molecular complexity index is 380. The molecule has 1 aromatic heterocycles. The van der Waals surface area contributed by atoms with Crippen LogP contribution in [0.25, 0.3) is 0 Å². The topological polar surface area (TPSA) is 37.6 Å². The number of nitrogens with zero attached hydrogens (tertiary/aromatic N) is 1. The number of furan rings is 1. The van der Waals surface area contributed by atoms with Crippen molar-refractivity contribution in [2.45, 2.75) is 46.3 Å². The van der Waals surface area contributed by atoms with E-state index in [0.29, 0.717) is 0 Å². The third kappa shape index (κ3) is 6.23. The Morgan fingerprint density at radius 1 is 1.37 bits per heavy atom. The molecule has 0 unspecified atom stereocenters. The summed E-state index contributed by atoms with van der Waals surface area (Å²) in [6, 6.07) is 2.13. The van der Waals surface area contributed by atoms with Gasteiger partial charge in [-0.05, 0) is 46.4 Å². The highest BCUT2D eigenvalue weighted by Gasteiger charge is 2.13. The summed E-state index contributed by atoms with van der Waals surface area (Å²) >= 11 is 0. The minimum absolute atomic E-state index is 0.106. The van der Waals surface area contributed by atoms with Gasteiger partial charge in [-0.15, -0.1) is 0 Å². The van der Waals surface area contributed by atoms with Crippen molar-refractivity contribution in [1.29, 1.82) is 0 Å². The molecule has 1 N–H and O–H groups in total. The number of nitrogens with one attached hydrogen (secondary N) is 1. The van der Waals surface area contributed by atoms with E-state index < -0.39 is 0 Å². The Balaban J connectivity index is 2.53. The van der Waals surface area contributed by atoms with Gasteiger partial charge in [-0.3, -0.25) is 4.90 Å². The summed E-state index contributed by atoms with van der Waals surface area (Å²) in [5, 5.41) is 3.45.